The highest BCUT2D eigenvalue weighted by Crippen LogP contribution is 2.19. The van der Waals surface area contributed by atoms with Gasteiger partial charge in [0.2, 0.25) is 5.13 Å². The van der Waals surface area contributed by atoms with Crippen molar-refractivity contribution < 1.29 is 9.15 Å². The van der Waals surface area contributed by atoms with Crippen molar-refractivity contribution in [2.24, 2.45) is 0 Å². The fourth-order valence-corrected chi connectivity index (χ4v) is 2.09. The zero-order chi connectivity index (χ0) is 12.3. The third-order valence-corrected chi connectivity index (χ3v) is 3.11. The topological polar surface area (TPSA) is 51.4 Å². The maximum absolute atomic E-state index is 5.52. The Hall–Kier alpha value is -1.40. The van der Waals surface area contributed by atoms with E-state index in [1.54, 1.807) is 7.11 Å². The van der Waals surface area contributed by atoms with E-state index in [4.69, 9.17) is 9.15 Å². The van der Waals surface area contributed by atoms with Crippen LogP contribution in [0.15, 0.2) is 16.5 Å². The third kappa shape index (κ3) is 3.04. The molecule has 0 bridgehead atoms. The Bertz CT molecular complexity index is 481. The van der Waals surface area contributed by atoms with Crippen LogP contribution in [0, 0.1) is 6.92 Å². The highest BCUT2D eigenvalue weighted by atomic mass is 32.1. The quantitative estimate of drug-likeness (QED) is 0.817. The van der Waals surface area contributed by atoms with Crippen LogP contribution in [0.4, 0.5) is 5.13 Å². The molecule has 92 valence electrons. The van der Waals surface area contributed by atoms with Crippen molar-refractivity contribution in [1.29, 1.82) is 0 Å². The second-order valence-corrected chi connectivity index (χ2v) is 4.52. The maximum Gasteiger partial charge on any atom is 0.205 e. The van der Waals surface area contributed by atoms with Gasteiger partial charge in [-0.3, -0.25) is 0 Å². The van der Waals surface area contributed by atoms with Gasteiger partial charge in [0.25, 0.3) is 0 Å². The summed E-state index contributed by atoms with van der Waals surface area (Å²) in [6, 6.07) is 3.93. The van der Waals surface area contributed by atoms with Crippen molar-refractivity contribution in [3.63, 3.8) is 0 Å². The number of furan rings is 1. The van der Waals surface area contributed by atoms with Gasteiger partial charge in [0.1, 0.15) is 18.1 Å². The van der Waals surface area contributed by atoms with Crippen molar-refractivity contribution >= 4 is 16.7 Å². The van der Waals surface area contributed by atoms with Gasteiger partial charge in [0, 0.05) is 25.7 Å². The number of nitrogens with zero attached hydrogens (tertiary/aromatic N) is 3. The molecular weight excluding hydrogens is 238 g/mol. The molecular formula is C11H15N3O2S. The van der Waals surface area contributed by atoms with Crippen molar-refractivity contribution in [2.45, 2.75) is 20.1 Å². The summed E-state index contributed by atoms with van der Waals surface area (Å²) in [5.41, 5.74) is 0. The predicted molar refractivity (Wildman–Crippen MR) is 66.2 cm³/mol. The third-order valence-electron chi connectivity index (χ3n) is 2.25. The molecule has 6 heteroatoms. The lowest BCUT2D eigenvalue weighted by Crippen LogP contribution is -2.15. The largest absolute Gasteiger partial charge is 0.464 e. The number of aryl methyl sites for hydroxylation is 1. The molecule has 0 aliphatic rings. The Labute approximate surface area is 104 Å². The number of aromatic nitrogens is 2. The molecule has 0 amide bonds. The Kier molecular flexibility index (Phi) is 3.75. The van der Waals surface area contributed by atoms with E-state index in [-0.39, 0.29) is 0 Å². The normalized spacial score (nSPS) is 10.8. The average Bonchev–Trinajstić information content (AvgIpc) is 2.88. The van der Waals surface area contributed by atoms with Crippen LogP contribution in [0.3, 0.4) is 0 Å². The standard InChI is InChI=1S/C11H15N3O2S/c1-8-4-5-9(16-8)6-14(2)11-12-10(7-15-3)13-17-11/h4-5H,6-7H2,1-3H3. The second kappa shape index (κ2) is 5.29. The number of rotatable bonds is 5. The van der Waals surface area contributed by atoms with E-state index in [1.807, 2.05) is 31.0 Å². The highest BCUT2D eigenvalue weighted by Gasteiger charge is 2.10. The van der Waals surface area contributed by atoms with Crippen LogP contribution in [0.5, 0.6) is 0 Å². The number of hydrogen-bond acceptors (Lipinski definition) is 6. The van der Waals surface area contributed by atoms with E-state index in [9.17, 15) is 0 Å². The van der Waals surface area contributed by atoms with Crippen molar-refractivity contribution in [2.75, 3.05) is 19.1 Å². The Balaban J connectivity index is 2.01. The number of hydrogen-bond donors (Lipinski definition) is 0. The number of anilines is 1. The van der Waals surface area contributed by atoms with Gasteiger partial charge in [-0.1, -0.05) is 0 Å². The Morgan fingerprint density at radius 2 is 2.29 bits per heavy atom. The van der Waals surface area contributed by atoms with Gasteiger partial charge < -0.3 is 14.1 Å². The van der Waals surface area contributed by atoms with E-state index < -0.39 is 0 Å². The van der Waals surface area contributed by atoms with Crippen LogP contribution in [-0.2, 0) is 17.9 Å². The lowest BCUT2D eigenvalue weighted by atomic mass is 10.4. The summed E-state index contributed by atoms with van der Waals surface area (Å²) in [6.07, 6.45) is 0. The minimum Gasteiger partial charge on any atom is -0.464 e. The molecule has 2 aromatic rings. The SMILES string of the molecule is COCc1nsc(N(C)Cc2ccc(C)o2)n1. The average molecular weight is 253 g/mol. The lowest BCUT2D eigenvalue weighted by Gasteiger charge is -2.12. The summed E-state index contributed by atoms with van der Waals surface area (Å²) < 4.78 is 14.7. The highest BCUT2D eigenvalue weighted by molar-refractivity contribution is 7.09. The van der Waals surface area contributed by atoms with Gasteiger partial charge in [-0.2, -0.15) is 4.37 Å². The first-order valence-electron chi connectivity index (χ1n) is 5.27. The van der Waals surface area contributed by atoms with E-state index in [0.29, 0.717) is 13.2 Å². The minimum absolute atomic E-state index is 0.449. The van der Waals surface area contributed by atoms with Crippen LogP contribution >= 0.6 is 11.5 Å². The van der Waals surface area contributed by atoms with Crippen LogP contribution in [0.2, 0.25) is 0 Å². The van der Waals surface area contributed by atoms with Gasteiger partial charge in [-0.25, -0.2) is 4.98 Å². The molecule has 17 heavy (non-hydrogen) atoms. The van der Waals surface area contributed by atoms with Crippen LogP contribution in [-0.4, -0.2) is 23.5 Å². The summed E-state index contributed by atoms with van der Waals surface area (Å²) in [5, 5.41) is 0.867. The van der Waals surface area contributed by atoms with E-state index >= 15 is 0 Å². The summed E-state index contributed by atoms with van der Waals surface area (Å²) in [6.45, 7) is 3.07. The van der Waals surface area contributed by atoms with Crippen molar-refractivity contribution in [3.8, 4) is 0 Å². The first-order valence-corrected chi connectivity index (χ1v) is 6.04. The molecule has 2 rings (SSSR count). The number of methoxy groups -OCH3 is 1. The molecule has 0 unspecified atom stereocenters. The zero-order valence-corrected chi connectivity index (χ0v) is 11.0. The molecule has 5 nitrogen and oxygen atoms in total. The molecule has 0 saturated carbocycles. The molecule has 0 spiro atoms. The van der Waals surface area contributed by atoms with Crippen molar-refractivity contribution in [1.82, 2.24) is 9.36 Å². The molecule has 0 saturated heterocycles. The fraction of sp³-hybridized carbons (Fsp3) is 0.455. The summed E-state index contributed by atoms with van der Waals surface area (Å²) in [5.74, 6) is 2.56. The molecule has 2 heterocycles. The van der Waals surface area contributed by atoms with Crippen LogP contribution < -0.4 is 4.90 Å². The Morgan fingerprint density at radius 1 is 1.47 bits per heavy atom. The van der Waals surface area contributed by atoms with Crippen LogP contribution in [0.25, 0.3) is 0 Å². The molecule has 0 aliphatic heterocycles. The zero-order valence-electron chi connectivity index (χ0n) is 10.1. The first-order chi connectivity index (χ1) is 8.19. The minimum atomic E-state index is 0.449. The summed E-state index contributed by atoms with van der Waals surface area (Å²) >= 11 is 1.37. The molecule has 0 fully saturated rings. The maximum atomic E-state index is 5.52. The predicted octanol–water partition coefficient (Wildman–Crippen LogP) is 2.22. The van der Waals surface area contributed by atoms with Gasteiger partial charge in [-0.05, 0) is 19.1 Å². The number of ether oxygens (including phenoxy) is 1. The lowest BCUT2D eigenvalue weighted by molar-refractivity contribution is 0.179. The second-order valence-electron chi connectivity index (χ2n) is 3.79. The molecule has 0 atom stereocenters. The van der Waals surface area contributed by atoms with Crippen LogP contribution in [0.1, 0.15) is 17.3 Å². The van der Waals surface area contributed by atoms with E-state index in [0.717, 1.165) is 22.5 Å². The van der Waals surface area contributed by atoms with E-state index in [1.165, 1.54) is 11.5 Å². The fourth-order valence-electron chi connectivity index (χ4n) is 1.46. The Morgan fingerprint density at radius 3 is 2.94 bits per heavy atom. The van der Waals surface area contributed by atoms with E-state index in [2.05, 4.69) is 9.36 Å². The monoisotopic (exact) mass is 253 g/mol. The molecule has 0 N–H and O–H groups in total. The summed E-state index contributed by atoms with van der Waals surface area (Å²) in [4.78, 5) is 6.38. The molecule has 2 aromatic heterocycles. The summed E-state index contributed by atoms with van der Waals surface area (Å²) in [7, 11) is 3.60. The molecule has 0 aliphatic carbocycles. The van der Waals surface area contributed by atoms with Gasteiger partial charge in [-0.15, -0.1) is 0 Å². The molecule has 0 aromatic carbocycles. The first kappa shape index (κ1) is 12.1. The smallest absolute Gasteiger partial charge is 0.205 e. The molecule has 0 radical (unpaired) electrons. The van der Waals surface area contributed by atoms with Gasteiger partial charge in [0.05, 0.1) is 6.54 Å². The van der Waals surface area contributed by atoms with Gasteiger partial charge >= 0.3 is 0 Å². The van der Waals surface area contributed by atoms with Gasteiger partial charge in [0.15, 0.2) is 5.82 Å². The van der Waals surface area contributed by atoms with Crippen molar-refractivity contribution in [3.05, 3.63) is 29.5 Å².